The van der Waals surface area contributed by atoms with Crippen LogP contribution in [0.1, 0.15) is 27.2 Å². The minimum absolute atomic E-state index is 0.0797. The summed E-state index contributed by atoms with van der Waals surface area (Å²) in [5, 5.41) is 3.45. The first kappa shape index (κ1) is 13.3. The molecule has 100 valence electrons. The van der Waals surface area contributed by atoms with Crippen LogP contribution in [0.15, 0.2) is 18.2 Å². The second kappa shape index (κ2) is 4.84. The van der Waals surface area contributed by atoms with Crippen LogP contribution >= 0.6 is 0 Å². The predicted octanol–water partition coefficient (Wildman–Crippen LogP) is 2.93. The number of rotatable bonds is 2. The summed E-state index contributed by atoms with van der Waals surface area (Å²) in [5.41, 5.74) is 0.00694. The lowest BCUT2D eigenvalue weighted by molar-refractivity contribution is 0.282. The van der Waals surface area contributed by atoms with Crippen molar-refractivity contribution < 1.29 is 8.78 Å². The maximum absolute atomic E-state index is 13.9. The van der Waals surface area contributed by atoms with E-state index in [2.05, 4.69) is 19.2 Å². The number of piperazine rings is 1. The molecule has 1 aliphatic heterocycles. The van der Waals surface area contributed by atoms with Crippen molar-refractivity contribution in [2.24, 2.45) is 0 Å². The molecule has 2 nitrogen and oxygen atoms in total. The highest BCUT2D eigenvalue weighted by molar-refractivity contribution is 5.51. The van der Waals surface area contributed by atoms with Crippen molar-refractivity contribution in [1.29, 1.82) is 0 Å². The molecule has 0 radical (unpaired) electrons. The van der Waals surface area contributed by atoms with Crippen molar-refractivity contribution in [3.63, 3.8) is 0 Å². The highest BCUT2D eigenvalue weighted by Crippen LogP contribution is 2.29. The molecule has 1 fully saturated rings. The Balaban J connectivity index is 2.36. The Bertz CT molecular complexity index is 416. The van der Waals surface area contributed by atoms with Crippen molar-refractivity contribution in [2.75, 3.05) is 18.0 Å². The Morgan fingerprint density at radius 1 is 1.39 bits per heavy atom. The zero-order valence-corrected chi connectivity index (χ0v) is 11.1. The quantitative estimate of drug-likeness (QED) is 0.873. The molecular weight excluding hydrogens is 234 g/mol. The third-order valence-corrected chi connectivity index (χ3v) is 3.88. The monoisotopic (exact) mass is 254 g/mol. The van der Waals surface area contributed by atoms with Gasteiger partial charge in [-0.1, -0.05) is 13.0 Å². The number of nitrogens with zero attached hydrogens (tertiary/aromatic N) is 1. The molecular formula is C14H20F2N2. The molecule has 1 saturated heterocycles. The van der Waals surface area contributed by atoms with Gasteiger partial charge in [0.15, 0.2) is 0 Å². The Labute approximate surface area is 107 Å². The smallest absolute Gasteiger partial charge is 0.149 e. The van der Waals surface area contributed by atoms with Crippen LogP contribution in [-0.2, 0) is 0 Å². The summed E-state index contributed by atoms with van der Waals surface area (Å²) in [6, 6.07) is 4.11. The number of benzene rings is 1. The van der Waals surface area contributed by atoms with E-state index in [1.807, 2.05) is 11.8 Å². The van der Waals surface area contributed by atoms with Crippen molar-refractivity contribution in [2.45, 2.75) is 38.8 Å². The van der Waals surface area contributed by atoms with Crippen LogP contribution in [-0.4, -0.2) is 24.7 Å². The first-order valence-corrected chi connectivity index (χ1v) is 6.42. The van der Waals surface area contributed by atoms with Gasteiger partial charge in [0.1, 0.15) is 17.3 Å². The van der Waals surface area contributed by atoms with Crippen LogP contribution in [0.4, 0.5) is 14.5 Å². The van der Waals surface area contributed by atoms with Gasteiger partial charge in [0, 0.05) is 24.7 Å². The van der Waals surface area contributed by atoms with E-state index in [0.29, 0.717) is 6.54 Å². The largest absolute Gasteiger partial charge is 0.361 e. The van der Waals surface area contributed by atoms with Gasteiger partial charge in [-0.25, -0.2) is 8.78 Å². The lowest BCUT2D eigenvalue weighted by atomic mass is 9.93. The van der Waals surface area contributed by atoms with E-state index in [1.165, 1.54) is 18.2 Å². The molecule has 0 spiro atoms. The molecule has 2 rings (SSSR count). The van der Waals surface area contributed by atoms with Crippen molar-refractivity contribution in [1.82, 2.24) is 5.32 Å². The van der Waals surface area contributed by atoms with E-state index in [-0.39, 0.29) is 17.3 Å². The van der Waals surface area contributed by atoms with Gasteiger partial charge in [0.25, 0.3) is 0 Å². The summed E-state index contributed by atoms with van der Waals surface area (Å²) in [6.07, 6.45) is 0.923. The van der Waals surface area contributed by atoms with Crippen LogP contribution in [0.25, 0.3) is 0 Å². The topological polar surface area (TPSA) is 15.3 Å². The zero-order chi connectivity index (χ0) is 13.3. The Kier molecular flexibility index (Phi) is 3.57. The molecule has 1 aromatic rings. The van der Waals surface area contributed by atoms with Gasteiger partial charge >= 0.3 is 0 Å². The molecule has 0 bridgehead atoms. The molecule has 2 unspecified atom stereocenters. The van der Waals surface area contributed by atoms with E-state index >= 15 is 0 Å². The summed E-state index contributed by atoms with van der Waals surface area (Å²) >= 11 is 0. The lowest BCUT2D eigenvalue weighted by Gasteiger charge is -2.46. The summed E-state index contributed by atoms with van der Waals surface area (Å²) in [7, 11) is 0. The Morgan fingerprint density at radius 3 is 2.56 bits per heavy atom. The minimum Gasteiger partial charge on any atom is -0.361 e. The standard InChI is InChI=1S/C14H20F2N2/c1-4-14(3)9-18(10(2)8-17-14)13-11(15)6-5-7-12(13)16/h5-7,10,17H,4,8-9H2,1-3H3. The highest BCUT2D eigenvalue weighted by Gasteiger charge is 2.34. The third-order valence-electron chi connectivity index (χ3n) is 3.88. The van der Waals surface area contributed by atoms with Gasteiger partial charge in [-0.2, -0.15) is 0 Å². The highest BCUT2D eigenvalue weighted by atomic mass is 19.1. The van der Waals surface area contributed by atoms with Gasteiger partial charge in [-0.05, 0) is 32.4 Å². The molecule has 1 aliphatic rings. The van der Waals surface area contributed by atoms with Gasteiger partial charge in [0.2, 0.25) is 0 Å². The average Bonchev–Trinajstić information content (AvgIpc) is 2.34. The van der Waals surface area contributed by atoms with Gasteiger partial charge in [-0.15, -0.1) is 0 Å². The summed E-state index contributed by atoms with van der Waals surface area (Å²) in [4.78, 5) is 1.84. The van der Waals surface area contributed by atoms with E-state index in [0.717, 1.165) is 13.0 Å². The van der Waals surface area contributed by atoms with Crippen LogP contribution < -0.4 is 10.2 Å². The van der Waals surface area contributed by atoms with Gasteiger partial charge in [-0.3, -0.25) is 0 Å². The number of anilines is 1. The molecule has 1 N–H and O–H groups in total. The molecule has 0 aromatic heterocycles. The molecule has 4 heteroatoms. The van der Waals surface area contributed by atoms with Crippen LogP contribution in [0.3, 0.4) is 0 Å². The second-order valence-electron chi connectivity index (χ2n) is 5.34. The zero-order valence-electron chi connectivity index (χ0n) is 11.1. The second-order valence-corrected chi connectivity index (χ2v) is 5.34. The SMILES string of the molecule is CCC1(C)CN(c2c(F)cccc2F)C(C)CN1. The Morgan fingerprint density at radius 2 is 2.00 bits per heavy atom. The van der Waals surface area contributed by atoms with Crippen LogP contribution in [0.2, 0.25) is 0 Å². The van der Waals surface area contributed by atoms with Gasteiger partial charge < -0.3 is 10.2 Å². The molecule has 1 heterocycles. The summed E-state index contributed by atoms with van der Waals surface area (Å²) < 4.78 is 27.7. The van der Waals surface area contributed by atoms with E-state index < -0.39 is 11.6 Å². The number of halogens is 2. The lowest BCUT2D eigenvalue weighted by Crippen LogP contribution is -2.62. The number of hydrogen-bond donors (Lipinski definition) is 1. The fourth-order valence-electron chi connectivity index (χ4n) is 2.39. The summed E-state index contributed by atoms with van der Waals surface area (Å²) in [5.74, 6) is -0.968. The van der Waals surface area contributed by atoms with Gasteiger partial charge in [0.05, 0.1) is 0 Å². The normalized spacial score (nSPS) is 28.5. The number of para-hydroxylation sites is 1. The number of nitrogens with one attached hydrogen (secondary N) is 1. The maximum atomic E-state index is 13.9. The van der Waals surface area contributed by atoms with E-state index in [4.69, 9.17) is 0 Å². The molecule has 18 heavy (non-hydrogen) atoms. The molecule has 0 aliphatic carbocycles. The fraction of sp³-hybridized carbons (Fsp3) is 0.571. The third kappa shape index (κ3) is 2.34. The maximum Gasteiger partial charge on any atom is 0.149 e. The molecule has 2 atom stereocenters. The van der Waals surface area contributed by atoms with Crippen molar-refractivity contribution in [3.8, 4) is 0 Å². The molecule has 0 amide bonds. The van der Waals surface area contributed by atoms with Crippen LogP contribution in [0.5, 0.6) is 0 Å². The first-order chi connectivity index (χ1) is 8.47. The summed E-state index contributed by atoms with van der Waals surface area (Å²) in [6.45, 7) is 7.50. The fourth-order valence-corrected chi connectivity index (χ4v) is 2.39. The van der Waals surface area contributed by atoms with E-state index in [1.54, 1.807) is 0 Å². The average molecular weight is 254 g/mol. The minimum atomic E-state index is -0.484. The molecule has 0 saturated carbocycles. The van der Waals surface area contributed by atoms with Crippen LogP contribution in [0, 0.1) is 11.6 Å². The van der Waals surface area contributed by atoms with E-state index in [9.17, 15) is 8.78 Å². The Hall–Kier alpha value is -1.16. The molecule has 1 aromatic carbocycles. The number of hydrogen-bond acceptors (Lipinski definition) is 2. The van der Waals surface area contributed by atoms with Crippen molar-refractivity contribution in [3.05, 3.63) is 29.8 Å². The first-order valence-electron chi connectivity index (χ1n) is 6.42. The van der Waals surface area contributed by atoms with Crippen molar-refractivity contribution >= 4 is 5.69 Å². The predicted molar refractivity (Wildman–Crippen MR) is 69.9 cm³/mol.